The molecule has 3 N–H and O–H groups in total. The number of nitrogens with one attached hydrogen (secondary N) is 1. The smallest absolute Gasteiger partial charge is 0.306 e. The van der Waals surface area contributed by atoms with Crippen molar-refractivity contribution in [2.75, 3.05) is 11.9 Å². The van der Waals surface area contributed by atoms with Crippen molar-refractivity contribution in [1.29, 1.82) is 0 Å². The minimum Gasteiger partial charge on any atom is -0.481 e. The Morgan fingerprint density at radius 1 is 1.55 bits per heavy atom. The number of carbonyl (C=O) groups is 1. The quantitative estimate of drug-likeness (QED) is 0.781. The Balaban J connectivity index is 1.84. The predicted octanol–water partition coefficient (Wildman–Crippen LogP) is 1.57. The molecule has 0 aliphatic carbocycles. The van der Waals surface area contributed by atoms with Crippen LogP contribution in [0.2, 0.25) is 0 Å². The molecule has 2 aliphatic rings. The number of ether oxygens (including phenoxy) is 1. The van der Waals surface area contributed by atoms with Crippen LogP contribution in [0.4, 0.5) is 5.69 Å². The van der Waals surface area contributed by atoms with Crippen LogP contribution in [0.3, 0.4) is 0 Å². The summed E-state index contributed by atoms with van der Waals surface area (Å²) >= 11 is 0. The number of fused-ring (bicyclic) bond motifs is 4. The van der Waals surface area contributed by atoms with E-state index in [-0.39, 0.29) is 12.1 Å². The summed E-state index contributed by atoms with van der Waals surface area (Å²) in [6.45, 7) is 2.06. The van der Waals surface area contributed by atoms with E-state index < -0.39 is 18.0 Å². The lowest BCUT2D eigenvalue weighted by molar-refractivity contribution is -0.141. The van der Waals surface area contributed by atoms with Gasteiger partial charge in [-0.1, -0.05) is 19.1 Å². The first-order valence-corrected chi connectivity index (χ1v) is 6.96. The molecule has 2 aliphatic heterocycles. The molecular weight excluding hydrogens is 258 g/mol. The molecule has 0 radical (unpaired) electrons. The van der Waals surface area contributed by atoms with Crippen molar-refractivity contribution >= 4 is 11.7 Å². The van der Waals surface area contributed by atoms with Gasteiger partial charge in [0.1, 0.15) is 0 Å². The van der Waals surface area contributed by atoms with Gasteiger partial charge in [0.25, 0.3) is 0 Å². The second-order valence-corrected chi connectivity index (χ2v) is 5.74. The van der Waals surface area contributed by atoms with Gasteiger partial charge >= 0.3 is 5.97 Å². The lowest BCUT2D eigenvalue weighted by atomic mass is 9.88. The van der Waals surface area contributed by atoms with Gasteiger partial charge in [-0.05, 0) is 18.1 Å². The highest BCUT2D eigenvalue weighted by Crippen LogP contribution is 2.39. The number of hydrogen-bond donors (Lipinski definition) is 3. The highest BCUT2D eigenvalue weighted by molar-refractivity contribution is 5.70. The maximum absolute atomic E-state index is 10.9. The number of aliphatic hydroxyl groups is 1. The summed E-state index contributed by atoms with van der Waals surface area (Å²) in [6.07, 6.45) is 0.805. The molecule has 1 aromatic rings. The number of aliphatic hydroxyl groups excluding tert-OH is 1. The van der Waals surface area contributed by atoms with E-state index >= 15 is 0 Å². The van der Waals surface area contributed by atoms with Crippen molar-refractivity contribution < 1.29 is 19.7 Å². The normalized spacial score (nSPS) is 29.2. The van der Waals surface area contributed by atoms with Gasteiger partial charge < -0.3 is 20.3 Å². The fourth-order valence-corrected chi connectivity index (χ4v) is 2.94. The van der Waals surface area contributed by atoms with Crippen molar-refractivity contribution in [1.82, 2.24) is 0 Å². The van der Waals surface area contributed by atoms with E-state index in [1.54, 1.807) is 6.92 Å². The fourth-order valence-electron chi connectivity index (χ4n) is 2.94. The third kappa shape index (κ3) is 2.39. The topological polar surface area (TPSA) is 78.8 Å². The van der Waals surface area contributed by atoms with Crippen molar-refractivity contribution in [3.05, 3.63) is 29.3 Å². The molecular formula is C15H19NO4. The van der Waals surface area contributed by atoms with Crippen LogP contribution in [-0.2, 0) is 16.0 Å². The summed E-state index contributed by atoms with van der Waals surface area (Å²) in [5, 5.41) is 22.2. The second-order valence-electron chi connectivity index (χ2n) is 5.74. The van der Waals surface area contributed by atoms with Crippen molar-refractivity contribution in [3.8, 4) is 0 Å². The highest BCUT2D eigenvalue weighted by atomic mass is 16.5. The van der Waals surface area contributed by atoms with Crippen molar-refractivity contribution in [2.45, 2.75) is 38.0 Å². The molecule has 1 saturated heterocycles. The lowest BCUT2D eigenvalue weighted by Crippen LogP contribution is -2.46. The van der Waals surface area contributed by atoms with Crippen LogP contribution in [0.5, 0.6) is 0 Å². The number of carboxylic acids is 1. The number of hydrogen-bond acceptors (Lipinski definition) is 4. The lowest BCUT2D eigenvalue weighted by Gasteiger charge is -2.40. The Labute approximate surface area is 117 Å². The number of benzene rings is 1. The third-order valence-electron chi connectivity index (χ3n) is 4.17. The zero-order valence-corrected chi connectivity index (χ0v) is 11.4. The molecule has 2 heterocycles. The minimum absolute atomic E-state index is 0.000246. The van der Waals surface area contributed by atoms with Crippen LogP contribution in [-0.4, -0.2) is 34.9 Å². The van der Waals surface area contributed by atoms with Gasteiger partial charge in [-0.25, -0.2) is 0 Å². The molecule has 108 valence electrons. The van der Waals surface area contributed by atoms with E-state index in [1.165, 1.54) is 0 Å². The highest BCUT2D eigenvalue weighted by Gasteiger charge is 2.36. The maximum atomic E-state index is 10.9. The van der Waals surface area contributed by atoms with E-state index in [0.29, 0.717) is 13.0 Å². The van der Waals surface area contributed by atoms with Gasteiger partial charge in [0.2, 0.25) is 0 Å². The average molecular weight is 277 g/mol. The van der Waals surface area contributed by atoms with Gasteiger partial charge in [0.15, 0.2) is 0 Å². The van der Waals surface area contributed by atoms with Gasteiger partial charge in [-0.2, -0.15) is 0 Å². The third-order valence-corrected chi connectivity index (χ3v) is 4.17. The molecule has 3 rings (SSSR count). The van der Waals surface area contributed by atoms with E-state index in [1.807, 2.05) is 18.2 Å². The first-order chi connectivity index (χ1) is 9.54. The van der Waals surface area contributed by atoms with E-state index in [0.717, 1.165) is 23.2 Å². The molecule has 1 unspecified atom stereocenters. The fraction of sp³-hybridized carbons (Fsp3) is 0.533. The maximum Gasteiger partial charge on any atom is 0.306 e. The number of aliphatic carboxylic acids is 1. The molecule has 0 spiro atoms. The Hall–Kier alpha value is -1.59. The molecule has 0 saturated carbocycles. The molecule has 5 nitrogen and oxygen atoms in total. The molecule has 0 aromatic heterocycles. The van der Waals surface area contributed by atoms with E-state index in [9.17, 15) is 9.90 Å². The first-order valence-electron chi connectivity index (χ1n) is 6.96. The number of rotatable bonds is 3. The summed E-state index contributed by atoms with van der Waals surface area (Å²) < 4.78 is 5.69. The van der Waals surface area contributed by atoms with Crippen LogP contribution in [0.15, 0.2) is 18.2 Å². The zero-order valence-electron chi connectivity index (χ0n) is 11.4. The first kappa shape index (κ1) is 13.4. The molecule has 4 atom stereocenters. The Bertz CT molecular complexity index is 531. The van der Waals surface area contributed by atoms with Crippen LogP contribution in [0.25, 0.3) is 0 Å². The van der Waals surface area contributed by atoms with Crippen molar-refractivity contribution in [2.24, 2.45) is 5.92 Å². The molecule has 5 heteroatoms. The molecule has 1 fully saturated rings. The Morgan fingerprint density at radius 3 is 3.10 bits per heavy atom. The van der Waals surface area contributed by atoms with Gasteiger partial charge in [0.05, 0.1) is 30.8 Å². The summed E-state index contributed by atoms with van der Waals surface area (Å²) in [6, 6.07) is 5.98. The van der Waals surface area contributed by atoms with Crippen LogP contribution >= 0.6 is 0 Å². The Morgan fingerprint density at radius 2 is 2.35 bits per heavy atom. The van der Waals surface area contributed by atoms with Gasteiger partial charge in [-0.3, -0.25) is 4.79 Å². The van der Waals surface area contributed by atoms with Crippen LogP contribution < -0.4 is 5.32 Å². The molecule has 2 bridgehead atoms. The second kappa shape index (κ2) is 5.07. The number of carboxylic acid groups (broad SMARTS) is 1. The van der Waals surface area contributed by atoms with Gasteiger partial charge in [-0.15, -0.1) is 0 Å². The van der Waals surface area contributed by atoms with E-state index in [4.69, 9.17) is 9.84 Å². The van der Waals surface area contributed by atoms with Gasteiger partial charge in [0, 0.05) is 17.7 Å². The Kier molecular flexibility index (Phi) is 3.40. The summed E-state index contributed by atoms with van der Waals surface area (Å²) in [5.41, 5.74) is 3.06. The largest absolute Gasteiger partial charge is 0.481 e. The van der Waals surface area contributed by atoms with Crippen LogP contribution in [0, 0.1) is 5.92 Å². The van der Waals surface area contributed by atoms with E-state index in [2.05, 4.69) is 5.32 Å². The summed E-state index contributed by atoms with van der Waals surface area (Å²) in [4.78, 5) is 10.9. The number of anilines is 1. The monoisotopic (exact) mass is 277 g/mol. The minimum atomic E-state index is -0.780. The molecule has 0 amide bonds. The predicted molar refractivity (Wildman–Crippen MR) is 73.7 cm³/mol. The molecule has 20 heavy (non-hydrogen) atoms. The SMILES string of the molecule is CC(Cc1ccc2c(c1)[C@H]1C[C@@H](N2)[C@H](O)CO1)C(=O)O. The summed E-state index contributed by atoms with van der Waals surface area (Å²) in [7, 11) is 0. The molecule has 1 aromatic carbocycles. The van der Waals surface area contributed by atoms with Crippen molar-refractivity contribution in [3.63, 3.8) is 0 Å². The van der Waals surface area contributed by atoms with Crippen LogP contribution in [0.1, 0.15) is 30.6 Å². The average Bonchev–Trinajstić information content (AvgIpc) is 2.43. The summed E-state index contributed by atoms with van der Waals surface area (Å²) in [5.74, 6) is -1.18. The zero-order chi connectivity index (χ0) is 14.3. The standard InChI is InChI=1S/C15H19NO4/c1-8(15(18)19)4-9-2-3-11-10(5-9)14-6-12(16-11)13(17)7-20-14/h2-3,5,8,12-14,16-17H,4,6-7H2,1H3,(H,18,19)/t8?,12-,13-,14-/m1/s1.